The van der Waals surface area contributed by atoms with E-state index in [4.69, 9.17) is 4.42 Å². The van der Waals surface area contributed by atoms with Crippen molar-refractivity contribution < 1.29 is 4.42 Å². The number of aryl methyl sites for hydroxylation is 1. The first-order valence-electron chi connectivity index (χ1n) is 4.48. The molecule has 0 aliphatic heterocycles. The zero-order chi connectivity index (χ0) is 10.8. The molecule has 0 aromatic carbocycles. The van der Waals surface area contributed by atoms with Crippen molar-refractivity contribution in [2.75, 3.05) is 0 Å². The van der Waals surface area contributed by atoms with Crippen LogP contribution in [0.25, 0.3) is 0 Å². The molecular formula is C8H10BrN5O. The van der Waals surface area contributed by atoms with Gasteiger partial charge in [0.05, 0.1) is 16.7 Å². The summed E-state index contributed by atoms with van der Waals surface area (Å²) in [5.74, 6) is 1.09. The normalized spacial score (nSPS) is 13.0. The van der Waals surface area contributed by atoms with Gasteiger partial charge in [0.25, 0.3) is 0 Å². The van der Waals surface area contributed by atoms with Gasteiger partial charge in [-0.25, -0.2) is 4.68 Å². The van der Waals surface area contributed by atoms with Crippen molar-refractivity contribution >= 4 is 15.9 Å². The molecule has 0 saturated heterocycles. The second-order valence-electron chi connectivity index (χ2n) is 3.17. The number of hydrogen-bond donors (Lipinski definition) is 0. The van der Waals surface area contributed by atoms with Crippen molar-refractivity contribution in [1.29, 1.82) is 0 Å². The van der Waals surface area contributed by atoms with Gasteiger partial charge in [-0.1, -0.05) is 21.1 Å². The smallest absolute Gasteiger partial charge is 0.237 e. The number of halogens is 1. The third kappa shape index (κ3) is 2.41. The molecule has 0 saturated carbocycles. The molecule has 0 aliphatic rings. The SMILES string of the molecule is Cc1nnc(Cn2cc(C(C)Br)nn2)o1. The van der Waals surface area contributed by atoms with E-state index in [1.54, 1.807) is 11.6 Å². The summed E-state index contributed by atoms with van der Waals surface area (Å²) < 4.78 is 6.90. The van der Waals surface area contributed by atoms with E-state index in [1.807, 2.05) is 13.1 Å². The molecule has 6 nitrogen and oxygen atoms in total. The summed E-state index contributed by atoms with van der Waals surface area (Å²) in [6.45, 7) is 4.20. The van der Waals surface area contributed by atoms with Gasteiger partial charge in [-0.05, 0) is 6.92 Å². The fourth-order valence-corrected chi connectivity index (χ4v) is 1.32. The maximum atomic E-state index is 5.23. The molecule has 2 aromatic rings. The average Bonchev–Trinajstić information content (AvgIpc) is 2.76. The average molecular weight is 272 g/mol. The molecule has 0 aliphatic carbocycles. The van der Waals surface area contributed by atoms with E-state index in [9.17, 15) is 0 Å². The summed E-state index contributed by atoms with van der Waals surface area (Å²) in [7, 11) is 0. The van der Waals surface area contributed by atoms with Crippen molar-refractivity contribution in [2.24, 2.45) is 0 Å². The predicted molar refractivity (Wildman–Crippen MR) is 55.5 cm³/mol. The maximum absolute atomic E-state index is 5.23. The fourth-order valence-electron chi connectivity index (χ4n) is 1.11. The Morgan fingerprint density at radius 2 is 2.27 bits per heavy atom. The first-order chi connectivity index (χ1) is 7.15. The highest BCUT2D eigenvalue weighted by atomic mass is 79.9. The molecule has 2 heterocycles. The minimum Gasteiger partial charge on any atom is -0.424 e. The summed E-state index contributed by atoms with van der Waals surface area (Å²) in [6.07, 6.45) is 1.85. The summed E-state index contributed by atoms with van der Waals surface area (Å²) in [6, 6.07) is 0. The van der Waals surface area contributed by atoms with E-state index in [2.05, 4.69) is 36.4 Å². The highest BCUT2D eigenvalue weighted by molar-refractivity contribution is 9.09. The molecule has 0 N–H and O–H groups in total. The predicted octanol–water partition coefficient (Wildman–Crippen LogP) is 1.47. The minimum atomic E-state index is 0.190. The molecule has 0 spiro atoms. The quantitative estimate of drug-likeness (QED) is 0.791. The Morgan fingerprint density at radius 3 is 2.80 bits per heavy atom. The molecule has 2 aromatic heterocycles. The Bertz CT molecular complexity index is 449. The van der Waals surface area contributed by atoms with Crippen molar-refractivity contribution in [3.8, 4) is 0 Å². The van der Waals surface area contributed by atoms with Crippen LogP contribution in [0.5, 0.6) is 0 Å². The topological polar surface area (TPSA) is 69.6 Å². The molecule has 1 atom stereocenters. The standard InChI is InChI=1S/C8H10BrN5O/c1-5(9)7-3-14(13-11-7)4-8-12-10-6(2)15-8/h3,5H,4H2,1-2H3. The van der Waals surface area contributed by atoms with Gasteiger partial charge < -0.3 is 4.42 Å². The molecule has 80 valence electrons. The number of alkyl halides is 1. The van der Waals surface area contributed by atoms with Gasteiger partial charge >= 0.3 is 0 Å². The Morgan fingerprint density at radius 1 is 1.47 bits per heavy atom. The van der Waals surface area contributed by atoms with Crippen LogP contribution < -0.4 is 0 Å². The van der Waals surface area contributed by atoms with Gasteiger partial charge in [0.15, 0.2) is 0 Å². The van der Waals surface area contributed by atoms with E-state index < -0.39 is 0 Å². The highest BCUT2D eigenvalue weighted by Crippen LogP contribution is 2.18. The van der Waals surface area contributed by atoms with Gasteiger partial charge in [0.2, 0.25) is 11.8 Å². The van der Waals surface area contributed by atoms with Crippen molar-refractivity contribution in [1.82, 2.24) is 25.2 Å². The Labute approximate surface area is 94.8 Å². The summed E-state index contributed by atoms with van der Waals surface area (Å²) >= 11 is 3.42. The third-order valence-electron chi connectivity index (χ3n) is 1.83. The second kappa shape index (κ2) is 4.09. The molecule has 0 bridgehead atoms. The lowest BCUT2D eigenvalue weighted by Gasteiger charge is -1.94. The van der Waals surface area contributed by atoms with Crippen LogP contribution in [0.1, 0.15) is 29.2 Å². The van der Waals surface area contributed by atoms with E-state index in [-0.39, 0.29) is 4.83 Å². The van der Waals surface area contributed by atoms with Crippen molar-refractivity contribution in [2.45, 2.75) is 25.2 Å². The number of rotatable bonds is 3. The summed E-state index contributed by atoms with van der Waals surface area (Å²) in [4.78, 5) is 0.190. The van der Waals surface area contributed by atoms with Crippen LogP contribution in [-0.2, 0) is 6.54 Å². The largest absolute Gasteiger partial charge is 0.424 e. The van der Waals surface area contributed by atoms with E-state index in [0.29, 0.717) is 18.3 Å². The first-order valence-corrected chi connectivity index (χ1v) is 5.40. The van der Waals surface area contributed by atoms with E-state index in [1.165, 1.54) is 0 Å². The van der Waals surface area contributed by atoms with Crippen LogP contribution in [0.15, 0.2) is 10.6 Å². The fraction of sp³-hybridized carbons (Fsp3) is 0.500. The molecule has 0 radical (unpaired) electrons. The summed E-state index contributed by atoms with van der Waals surface area (Å²) in [5, 5.41) is 15.6. The summed E-state index contributed by atoms with van der Waals surface area (Å²) in [5.41, 5.74) is 0.881. The van der Waals surface area contributed by atoms with Crippen molar-refractivity contribution in [3.63, 3.8) is 0 Å². The van der Waals surface area contributed by atoms with Crippen molar-refractivity contribution in [3.05, 3.63) is 23.7 Å². The molecule has 0 amide bonds. The molecule has 15 heavy (non-hydrogen) atoms. The highest BCUT2D eigenvalue weighted by Gasteiger charge is 2.08. The van der Waals surface area contributed by atoms with Crippen LogP contribution in [0.4, 0.5) is 0 Å². The van der Waals surface area contributed by atoms with Gasteiger partial charge in [0, 0.05) is 6.92 Å². The van der Waals surface area contributed by atoms with Gasteiger partial charge in [-0.2, -0.15) is 0 Å². The van der Waals surface area contributed by atoms with Gasteiger partial charge in [-0.15, -0.1) is 15.3 Å². The monoisotopic (exact) mass is 271 g/mol. The molecule has 2 rings (SSSR count). The second-order valence-corrected chi connectivity index (χ2v) is 4.55. The van der Waals surface area contributed by atoms with Crippen LogP contribution in [0.3, 0.4) is 0 Å². The molecule has 7 heteroatoms. The number of aromatic nitrogens is 5. The van der Waals surface area contributed by atoms with Gasteiger partial charge in [-0.3, -0.25) is 0 Å². The van der Waals surface area contributed by atoms with Crippen LogP contribution in [0, 0.1) is 6.92 Å². The van der Waals surface area contributed by atoms with E-state index >= 15 is 0 Å². The first kappa shape index (κ1) is 10.3. The zero-order valence-corrected chi connectivity index (χ0v) is 9.97. The Hall–Kier alpha value is -1.24. The van der Waals surface area contributed by atoms with Gasteiger partial charge in [0.1, 0.15) is 6.54 Å². The maximum Gasteiger partial charge on any atom is 0.237 e. The molecular weight excluding hydrogens is 262 g/mol. The van der Waals surface area contributed by atoms with Crippen LogP contribution in [-0.4, -0.2) is 25.2 Å². The van der Waals surface area contributed by atoms with Crippen LogP contribution >= 0.6 is 15.9 Å². The third-order valence-corrected chi connectivity index (χ3v) is 2.30. The molecule has 1 unspecified atom stereocenters. The lowest BCUT2D eigenvalue weighted by molar-refractivity contribution is 0.441. The number of nitrogens with zero attached hydrogens (tertiary/aromatic N) is 5. The zero-order valence-electron chi connectivity index (χ0n) is 8.38. The number of hydrogen-bond acceptors (Lipinski definition) is 5. The lowest BCUT2D eigenvalue weighted by Crippen LogP contribution is -2.00. The Kier molecular flexibility index (Phi) is 2.81. The van der Waals surface area contributed by atoms with Crippen LogP contribution in [0.2, 0.25) is 0 Å². The minimum absolute atomic E-state index is 0.190. The van der Waals surface area contributed by atoms with E-state index in [0.717, 1.165) is 5.69 Å². The lowest BCUT2D eigenvalue weighted by atomic mass is 10.4. The Balaban J connectivity index is 2.11. The molecule has 0 fully saturated rings.